The zero-order valence-electron chi connectivity index (χ0n) is 15.2. The monoisotopic (exact) mass is 413 g/mol. The molecule has 0 spiro atoms. The second-order valence-corrected chi connectivity index (χ2v) is 7.94. The number of thioether (sulfide) groups is 1. The molecule has 8 heteroatoms. The van der Waals surface area contributed by atoms with Crippen LogP contribution < -0.4 is 4.90 Å². The zero-order chi connectivity index (χ0) is 19.3. The van der Waals surface area contributed by atoms with Crippen molar-refractivity contribution in [3.05, 3.63) is 71.0 Å². The van der Waals surface area contributed by atoms with Crippen LogP contribution in [0.4, 0.5) is 5.69 Å². The maximum absolute atomic E-state index is 12.8. The van der Waals surface area contributed by atoms with E-state index in [2.05, 4.69) is 26.1 Å². The number of piperazine rings is 1. The molecule has 0 bridgehead atoms. The summed E-state index contributed by atoms with van der Waals surface area (Å²) in [6, 6.07) is 15.7. The molecule has 28 heavy (non-hydrogen) atoms. The first-order chi connectivity index (χ1) is 13.7. The number of amides is 1. The van der Waals surface area contributed by atoms with Crippen molar-refractivity contribution in [2.24, 2.45) is 0 Å². The third-order valence-electron chi connectivity index (χ3n) is 4.71. The quantitative estimate of drug-likeness (QED) is 0.646. The van der Waals surface area contributed by atoms with Crippen molar-refractivity contribution in [2.45, 2.75) is 10.9 Å². The summed E-state index contributed by atoms with van der Waals surface area (Å²) in [4.78, 5) is 21.1. The number of rotatable bonds is 5. The fourth-order valence-corrected chi connectivity index (χ4v) is 4.10. The molecule has 0 saturated carbocycles. The summed E-state index contributed by atoms with van der Waals surface area (Å²) >= 11 is 7.67. The average molecular weight is 414 g/mol. The number of aromatic nitrogens is 3. The third kappa shape index (κ3) is 4.48. The summed E-state index contributed by atoms with van der Waals surface area (Å²) in [6.45, 7) is 3.01. The molecule has 144 valence electrons. The van der Waals surface area contributed by atoms with Crippen molar-refractivity contribution >= 4 is 35.0 Å². The summed E-state index contributed by atoms with van der Waals surface area (Å²) in [5.74, 6) is 0.863. The Balaban J connectivity index is 1.32. The van der Waals surface area contributed by atoms with Gasteiger partial charge in [0.25, 0.3) is 5.91 Å². The Morgan fingerprint density at radius 1 is 1.11 bits per heavy atom. The zero-order valence-corrected chi connectivity index (χ0v) is 16.8. The Kier molecular flexibility index (Phi) is 5.83. The van der Waals surface area contributed by atoms with E-state index in [0.717, 1.165) is 45.8 Å². The molecular formula is C20H20ClN5OS. The number of hydrogen-bond donors (Lipinski definition) is 1. The number of halogens is 1. The normalized spacial score (nSPS) is 14.3. The molecule has 3 aromatic rings. The Hall–Kier alpha value is -2.51. The Morgan fingerprint density at radius 3 is 2.57 bits per heavy atom. The van der Waals surface area contributed by atoms with Crippen LogP contribution in [-0.4, -0.2) is 52.2 Å². The predicted octanol–water partition coefficient (Wildman–Crippen LogP) is 3.71. The van der Waals surface area contributed by atoms with E-state index in [0.29, 0.717) is 13.1 Å². The van der Waals surface area contributed by atoms with Crippen LogP contribution in [0.15, 0.2) is 60.0 Å². The Bertz CT molecular complexity index is 924. The van der Waals surface area contributed by atoms with Crippen molar-refractivity contribution in [2.75, 3.05) is 31.1 Å². The number of anilines is 1. The van der Waals surface area contributed by atoms with Gasteiger partial charge in [-0.15, -0.1) is 0 Å². The predicted molar refractivity (Wildman–Crippen MR) is 112 cm³/mol. The number of nitrogens with zero attached hydrogens (tertiary/aromatic N) is 4. The second-order valence-electron chi connectivity index (χ2n) is 6.54. The number of hydrogen-bond acceptors (Lipinski definition) is 5. The van der Waals surface area contributed by atoms with E-state index >= 15 is 0 Å². The van der Waals surface area contributed by atoms with Gasteiger partial charge in [0.05, 0.1) is 0 Å². The highest BCUT2D eigenvalue weighted by Gasteiger charge is 2.22. The van der Waals surface area contributed by atoms with Gasteiger partial charge in [0.15, 0.2) is 5.16 Å². The molecule has 0 aliphatic carbocycles. The van der Waals surface area contributed by atoms with Crippen LogP contribution in [0.3, 0.4) is 0 Å². The van der Waals surface area contributed by atoms with Crippen LogP contribution in [0.25, 0.3) is 0 Å². The number of H-pyrrole nitrogens is 1. The van der Waals surface area contributed by atoms with Crippen molar-refractivity contribution in [3.8, 4) is 0 Å². The summed E-state index contributed by atoms with van der Waals surface area (Å²) in [5.41, 5.74) is 2.97. The number of nitrogens with one attached hydrogen (secondary N) is 1. The molecule has 2 aromatic carbocycles. The first-order valence-electron chi connectivity index (χ1n) is 9.06. The molecule has 1 aromatic heterocycles. The maximum Gasteiger partial charge on any atom is 0.253 e. The third-order valence-corrected chi connectivity index (χ3v) is 5.89. The van der Waals surface area contributed by atoms with Crippen molar-refractivity contribution in [1.82, 2.24) is 20.1 Å². The van der Waals surface area contributed by atoms with Crippen molar-refractivity contribution in [3.63, 3.8) is 0 Å². The molecule has 0 radical (unpaired) electrons. The summed E-state index contributed by atoms with van der Waals surface area (Å²) < 4.78 is 0. The molecule has 4 rings (SSSR count). The molecule has 2 heterocycles. The van der Waals surface area contributed by atoms with Gasteiger partial charge >= 0.3 is 0 Å². The second kappa shape index (κ2) is 8.67. The molecule has 1 aliphatic heterocycles. The van der Waals surface area contributed by atoms with Gasteiger partial charge in [0.1, 0.15) is 6.33 Å². The smallest absolute Gasteiger partial charge is 0.253 e. The van der Waals surface area contributed by atoms with E-state index in [4.69, 9.17) is 11.6 Å². The van der Waals surface area contributed by atoms with E-state index in [1.165, 1.54) is 6.33 Å². The van der Waals surface area contributed by atoms with Crippen LogP contribution in [0.2, 0.25) is 5.02 Å². The van der Waals surface area contributed by atoms with E-state index < -0.39 is 0 Å². The molecule has 1 fully saturated rings. The first-order valence-corrected chi connectivity index (χ1v) is 10.4. The average Bonchev–Trinajstić information content (AvgIpc) is 3.26. The van der Waals surface area contributed by atoms with Crippen LogP contribution >= 0.6 is 23.4 Å². The standard InChI is InChI=1S/C20H20ClN5OS/c21-17-2-1-3-18(12-17)25-8-10-26(11-9-25)19(27)16-6-4-15(5-7-16)13-28-20-22-14-23-24-20/h1-7,12,14H,8-11,13H2,(H,22,23,24). The minimum absolute atomic E-state index is 0.0835. The van der Waals surface area contributed by atoms with Crippen LogP contribution in [0.1, 0.15) is 15.9 Å². The topological polar surface area (TPSA) is 65.1 Å². The lowest BCUT2D eigenvalue weighted by molar-refractivity contribution is 0.0747. The summed E-state index contributed by atoms with van der Waals surface area (Å²) in [6.07, 6.45) is 1.50. The summed E-state index contributed by atoms with van der Waals surface area (Å²) in [7, 11) is 0. The minimum atomic E-state index is 0.0835. The molecule has 0 atom stereocenters. The number of carbonyl (C=O) groups is 1. The van der Waals surface area contributed by atoms with Crippen LogP contribution in [0.5, 0.6) is 0 Å². The summed E-state index contributed by atoms with van der Waals surface area (Å²) in [5, 5.41) is 8.19. The van der Waals surface area contributed by atoms with Gasteiger partial charge in [-0.1, -0.05) is 41.6 Å². The van der Waals surface area contributed by atoms with Gasteiger partial charge in [-0.2, -0.15) is 5.10 Å². The van der Waals surface area contributed by atoms with Crippen LogP contribution in [0, 0.1) is 0 Å². The maximum atomic E-state index is 12.8. The lowest BCUT2D eigenvalue weighted by atomic mass is 10.1. The highest BCUT2D eigenvalue weighted by Crippen LogP contribution is 2.22. The first kappa shape index (κ1) is 18.8. The van der Waals surface area contributed by atoms with Crippen molar-refractivity contribution < 1.29 is 4.79 Å². The lowest BCUT2D eigenvalue weighted by Gasteiger charge is -2.36. The lowest BCUT2D eigenvalue weighted by Crippen LogP contribution is -2.48. The van der Waals surface area contributed by atoms with Gasteiger partial charge in [0.2, 0.25) is 0 Å². The van der Waals surface area contributed by atoms with E-state index in [-0.39, 0.29) is 5.91 Å². The van der Waals surface area contributed by atoms with Crippen molar-refractivity contribution in [1.29, 1.82) is 0 Å². The minimum Gasteiger partial charge on any atom is -0.368 e. The number of benzene rings is 2. The van der Waals surface area contributed by atoms with Gasteiger partial charge in [-0.05, 0) is 35.9 Å². The fourth-order valence-electron chi connectivity index (χ4n) is 3.18. The molecule has 1 N–H and O–H groups in total. The molecule has 1 aliphatic rings. The van der Waals surface area contributed by atoms with Gasteiger partial charge in [-0.3, -0.25) is 9.89 Å². The highest BCUT2D eigenvalue weighted by atomic mass is 35.5. The number of aromatic amines is 1. The van der Waals surface area contributed by atoms with Crippen LogP contribution in [-0.2, 0) is 5.75 Å². The van der Waals surface area contributed by atoms with E-state index in [1.54, 1.807) is 11.8 Å². The largest absolute Gasteiger partial charge is 0.368 e. The molecule has 0 unspecified atom stereocenters. The molecule has 1 saturated heterocycles. The van der Waals surface area contributed by atoms with E-state index in [1.807, 2.05) is 47.4 Å². The van der Waals surface area contributed by atoms with Gasteiger partial charge in [0, 0.05) is 48.2 Å². The molecule has 1 amide bonds. The molecule has 6 nitrogen and oxygen atoms in total. The SMILES string of the molecule is O=C(c1ccc(CSc2ncn[nH]2)cc1)N1CCN(c2cccc(Cl)c2)CC1. The fraction of sp³-hybridized carbons (Fsp3) is 0.250. The van der Waals surface area contributed by atoms with E-state index in [9.17, 15) is 4.79 Å². The Labute approximate surface area is 172 Å². The molecular weight excluding hydrogens is 394 g/mol. The Morgan fingerprint density at radius 2 is 1.89 bits per heavy atom. The number of carbonyl (C=O) groups excluding carboxylic acids is 1. The van der Waals surface area contributed by atoms with Gasteiger partial charge < -0.3 is 9.80 Å². The van der Waals surface area contributed by atoms with Gasteiger partial charge in [-0.25, -0.2) is 4.98 Å². The highest BCUT2D eigenvalue weighted by molar-refractivity contribution is 7.98.